The van der Waals surface area contributed by atoms with Gasteiger partial charge in [-0.3, -0.25) is 9.59 Å². The normalized spacial score (nSPS) is 27.3. The molecule has 1 saturated heterocycles. The van der Waals surface area contributed by atoms with Crippen LogP contribution >= 0.6 is 11.6 Å². The SMILES string of the molecule is NC(=O)C[C@@H](NC(=O)[C@@]12CCCC[C@H]1CNC2)c1cccc(Cl)c1. The Bertz CT molecular complexity index is 636. The molecule has 2 amide bonds. The summed E-state index contributed by atoms with van der Waals surface area (Å²) < 4.78 is 0. The first-order valence-corrected chi connectivity index (χ1v) is 8.94. The molecule has 0 bridgehead atoms. The molecule has 24 heavy (non-hydrogen) atoms. The summed E-state index contributed by atoms with van der Waals surface area (Å²) in [7, 11) is 0. The number of nitrogens with two attached hydrogens (primary N) is 1. The van der Waals surface area contributed by atoms with Crippen LogP contribution in [0, 0.1) is 11.3 Å². The molecule has 0 unspecified atom stereocenters. The lowest BCUT2D eigenvalue weighted by molar-refractivity contribution is -0.135. The lowest BCUT2D eigenvalue weighted by Crippen LogP contribution is -2.49. The van der Waals surface area contributed by atoms with E-state index in [1.807, 2.05) is 12.1 Å². The van der Waals surface area contributed by atoms with Crippen molar-refractivity contribution in [1.82, 2.24) is 10.6 Å². The molecule has 3 atom stereocenters. The molecule has 1 aromatic carbocycles. The van der Waals surface area contributed by atoms with Gasteiger partial charge in [-0.25, -0.2) is 0 Å². The Labute approximate surface area is 147 Å². The highest BCUT2D eigenvalue weighted by Gasteiger charge is 2.50. The van der Waals surface area contributed by atoms with Crippen molar-refractivity contribution in [2.75, 3.05) is 13.1 Å². The van der Waals surface area contributed by atoms with Gasteiger partial charge in [0.2, 0.25) is 11.8 Å². The zero-order chi connectivity index (χ0) is 17.2. The van der Waals surface area contributed by atoms with E-state index in [-0.39, 0.29) is 17.7 Å². The summed E-state index contributed by atoms with van der Waals surface area (Å²) in [5, 5.41) is 7.04. The van der Waals surface area contributed by atoms with E-state index in [0.29, 0.717) is 17.5 Å². The Morgan fingerprint density at radius 3 is 3.00 bits per heavy atom. The van der Waals surface area contributed by atoms with E-state index in [0.717, 1.165) is 31.4 Å². The molecule has 4 N–H and O–H groups in total. The summed E-state index contributed by atoms with van der Waals surface area (Å²) in [5.41, 5.74) is 5.85. The minimum absolute atomic E-state index is 0.0309. The van der Waals surface area contributed by atoms with Crippen molar-refractivity contribution in [1.29, 1.82) is 0 Å². The van der Waals surface area contributed by atoms with Crippen LogP contribution in [-0.4, -0.2) is 24.9 Å². The van der Waals surface area contributed by atoms with Gasteiger partial charge in [-0.15, -0.1) is 0 Å². The molecule has 2 fully saturated rings. The highest BCUT2D eigenvalue weighted by atomic mass is 35.5. The number of halogens is 1. The van der Waals surface area contributed by atoms with Crippen LogP contribution in [0.3, 0.4) is 0 Å². The van der Waals surface area contributed by atoms with E-state index < -0.39 is 11.9 Å². The van der Waals surface area contributed by atoms with Crippen LogP contribution in [0.2, 0.25) is 5.02 Å². The third kappa shape index (κ3) is 3.42. The number of fused-ring (bicyclic) bond motifs is 1. The first kappa shape index (κ1) is 17.2. The summed E-state index contributed by atoms with van der Waals surface area (Å²) in [6.07, 6.45) is 4.30. The quantitative estimate of drug-likeness (QED) is 0.761. The molecule has 1 aliphatic heterocycles. The summed E-state index contributed by atoms with van der Waals surface area (Å²) in [6, 6.07) is 6.79. The minimum Gasteiger partial charge on any atom is -0.370 e. The van der Waals surface area contributed by atoms with Gasteiger partial charge < -0.3 is 16.4 Å². The second kappa shape index (κ2) is 7.11. The predicted octanol–water partition coefficient (Wildman–Crippen LogP) is 2.15. The van der Waals surface area contributed by atoms with Gasteiger partial charge in [0.1, 0.15) is 0 Å². The number of hydrogen-bond donors (Lipinski definition) is 3. The number of carbonyl (C=O) groups excluding carboxylic acids is 2. The van der Waals surface area contributed by atoms with Crippen LogP contribution in [0.4, 0.5) is 0 Å². The van der Waals surface area contributed by atoms with Crippen molar-refractivity contribution in [3.8, 4) is 0 Å². The highest BCUT2D eigenvalue weighted by molar-refractivity contribution is 6.30. The maximum Gasteiger partial charge on any atom is 0.228 e. The third-order valence-corrected chi connectivity index (χ3v) is 5.69. The van der Waals surface area contributed by atoms with Gasteiger partial charge in [-0.2, -0.15) is 0 Å². The fourth-order valence-electron chi connectivity index (χ4n) is 4.17. The van der Waals surface area contributed by atoms with Gasteiger partial charge in [0, 0.05) is 11.6 Å². The molecule has 1 aromatic rings. The van der Waals surface area contributed by atoms with Crippen LogP contribution in [-0.2, 0) is 9.59 Å². The van der Waals surface area contributed by atoms with Crippen molar-refractivity contribution in [3.05, 3.63) is 34.9 Å². The van der Waals surface area contributed by atoms with E-state index in [9.17, 15) is 9.59 Å². The number of hydrogen-bond acceptors (Lipinski definition) is 3. The summed E-state index contributed by atoms with van der Waals surface area (Å²) >= 11 is 6.06. The van der Waals surface area contributed by atoms with Gasteiger partial charge in [0.25, 0.3) is 0 Å². The van der Waals surface area contributed by atoms with Crippen LogP contribution in [0.5, 0.6) is 0 Å². The molecule has 3 rings (SSSR count). The maximum absolute atomic E-state index is 13.1. The van der Waals surface area contributed by atoms with Crippen molar-refractivity contribution >= 4 is 23.4 Å². The minimum atomic E-state index is -0.442. The fourth-order valence-corrected chi connectivity index (χ4v) is 4.37. The average molecular weight is 350 g/mol. The second-order valence-electron chi connectivity index (χ2n) is 6.98. The molecule has 0 radical (unpaired) electrons. The van der Waals surface area contributed by atoms with Gasteiger partial charge in [-0.05, 0) is 43.0 Å². The summed E-state index contributed by atoms with van der Waals surface area (Å²) in [4.78, 5) is 24.6. The molecule has 0 spiro atoms. The van der Waals surface area contributed by atoms with Crippen LogP contribution < -0.4 is 16.4 Å². The van der Waals surface area contributed by atoms with Crippen molar-refractivity contribution in [3.63, 3.8) is 0 Å². The Morgan fingerprint density at radius 2 is 2.25 bits per heavy atom. The van der Waals surface area contributed by atoms with Gasteiger partial charge >= 0.3 is 0 Å². The molecule has 1 aliphatic carbocycles. The molecule has 0 aromatic heterocycles. The predicted molar refractivity (Wildman–Crippen MR) is 93.4 cm³/mol. The van der Waals surface area contributed by atoms with E-state index in [1.165, 1.54) is 6.42 Å². The standard InChI is InChI=1S/C18H24ClN3O2/c19-14-6-3-4-12(8-14)15(9-16(20)23)22-17(24)18-7-2-1-5-13(18)10-21-11-18/h3-4,6,8,13,15,21H,1-2,5,7,9-11H2,(H2,20,23)(H,22,24)/t13-,15+,18+/m0/s1. The maximum atomic E-state index is 13.1. The van der Waals surface area contributed by atoms with Crippen molar-refractivity contribution in [2.45, 2.75) is 38.1 Å². The monoisotopic (exact) mass is 349 g/mol. The van der Waals surface area contributed by atoms with Gasteiger partial charge in [-0.1, -0.05) is 36.6 Å². The first-order chi connectivity index (χ1) is 11.5. The molecule has 1 saturated carbocycles. The number of primary amides is 1. The van der Waals surface area contributed by atoms with E-state index in [4.69, 9.17) is 17.3 Å². The molecule has 2 aliphatic rings. The topological polar surface area (TPSA) is 84.2 Å². The summed E-state index contributed by atoms with van der Waals surface area (Å²) in [6.45, 7) is 1.60. The fraction of sp³-hybridized carbons (Fsp3) is 0.556. The average Bonchev–Trinajstić information content (AvgIpc) is 2.99. The number of benzene rings is 1. The molecular formula is C18H24ClN3O2. The first-order valence-electron chi connectivity index (χ1n) is 8.57. The number of rotatable bonds is 5. The Hall–Kier alpha value is -1.59. The Kier molecular flexibility index (Phi) is 5.11. The molecule has 5 nitrogen and oxygen atoms in total. The lowest BCUT2D eigenvalue weighted by atomic mass is 9.67. The second-order valence-corrected chi connectivity index (χ2v) is 7.42. The van der Waals surface area contributed by atoms with Gasteiger partial charge in [0.15, 0.2) is 0 Å². The van der Waals surface area contributed by atoms with E-state index in [2.05, 4.69) is 10.6 Å². The Balaban J connectivity index is 1.81. The largest absolute Gasteiger partial charge is 0.370 e. The molecule has 1 heterocycles. The Morgan fingerprint density at radius 1 is 1.42 bits per heavy atom. The summed E-state index contributed by atoms with van der Waals surface area (Å²) in [5.74, 6) is -0.0363. The van der Waals surface area contributed by atoms with E-state index >= 15 is 0 Å². The van der Waals surface area contributed by atoms with Crippen molar-refractivity contribution in [2.24, 2.45) is 17.1 Å². The number of amides is 2. The van der Waals surface area contributed by atoms with Gasteiger partial charge in [0.05, 0.1) is 17.9 Å². The zero-order valence-electron chi connectivity index (χ0n) is 13.7. The van der Waals surface area contributed by atoms with Crippen molar-refractivity contribution < 1.29 is 9.59 Å². The highest BCUT2D eigenvalue weighted by Crippen LogP contribution is 2.44. The number of carbonyl (C=O) groups is 2. The molecule has 130 valence electrons. The van der Waals surface area contributed by atoms with Crippen LogP contribution in [0.15, 0.2) is 24.3 Å². The number of nitrogens with one attached hydrogen (secondary N) is 2. The van der Waals surface area contributed by atoms with Crippen LogP contribution in [0.25, 0.3) is 0 Å². The smallest absolute Gasteiger partial charge is 0.228 e. The van der Waals surface area contributed by atoms with E-state index in [1.54, 1.807) is 12.1 Å². The van der Waals surface area contributed by atoms with Crippen LogP contribution in [0.1, 0.15) is 43.7 Å². The zero-order valence-corrected chi connectivity index (χ0v) is 14.4. The molecule has 6 heteroatoms. The lowest BCUT2D eigenvalue weighted by Gasteiger charge is -2.38. The third-order valence-electron chi connectivity index (χ3n) is 5.45. The molecular weight excluding hydrogens is 326 g/mol.